The minimum absolute atomic E-state index is 0.0488. The highest BCUT2D eigenvalue weighted by atomic mass is 16.5. The molecule has 12 heavy (non-hydrogen) atoms. The lowest BCUT2D eigenvalue weighted by Crippen LogP contribution is -2.28. The van der Waals surface area contributed by atoms with Crippen molar-refractivity contribution in [2.45, 2.75) is 38.4 Å². The molecule has 1 fully saturated rings. The lowest BCUT2D eigenvalue weighted by molar-refractivity contribution is 0.0327. The van der Waals surface area contributed by atoms with Crippen molar-refractivity contribution in [2.24, 2.45) is 5.92 Å². The van der Waals surface area contributed by atoms with Crippen LogP contribution < -0.4 is 0 Å². The summed E-state index contributed by atoms with van der Waals surface area (Å²) in [6.07, 6.45) is 4.80. The highest BCUT2D eigenvalue weighted by molar-refractivity contribution is 5.29. The normalized spacial score (nSPS) is 41.6. The lowest BCUT2D eigenvalue weighted by atomic mass is 9.81. The summed E-state index contributed by atoms with van der Waals surface area (Å²) in [6.45, 7) is 4.43. The van der Waals surface area contributed by atoms with Crippen LogP contribution in [0.2, 0.25) is 0 Å². The maximum absolute atomic E-state index is 9.04. The van der Waals surface area contributed by atoms with Gasteiger partial charge >= 0.3 is 0 Å². The third-order valence-corrected chi connectivity index (χ3v) is 3.10. The molecule has 0 radical (unpaired) electrons. The Morgan fingerprint density at radius 2 is 2.58 bits per heavy atom. The number of hydrogen-bond acceptors (Lipinski definition) is 2. The Kier molecular flexibility index (Phi) is 1.77. The van der Waals surface area contributed by atoms with Crippen molar-refractivity contribution >= 4 is 0 Å². The molecule has 2 rings (SSSR count). The maximum atomic E-state index is 9.04. The van der Waals surface area contributed by atoms with Crippen molar-refractivity contribution in [3.63, 3.8) is 0 Å². The summed E-state index contributed by atoms with van der Waals surface area (Å²) >= 11 is 0. The molecule has 68 valence electrons. The van der Waals surface area contributed by atoms with Gasteiger partial charge in [-0.05, 0) is 25.3 Å². The van der Waals surface area contributed by atoms with Gasteiger partial charge in [0.1, 0.15) is 0 Å². The van der Waals surface area contributed by atoms with Gasteiger partial charge in [-0.3, -0.25) is 0 Å². The first kappa shape index (κ1) is 8.27. The molecule has 2 nitrogen and oxygen atoms in total. The second-order valence-corrected chi connectivity index (χ2v) is 4.13. The number of ether oxygens (including phenoxy) is 1. The number of hydrogen-bond donors (Lipinski definition) is 1. The molecule has 0 spiro atoms. The lowest BCUT2D eigenvalue weighted by Gasteiger charge is -2.27. The number of aliphatic hydroxyl groups excluding tert-OH is 1. The van der Waals surface area contributed by atoms with Gasteiger partial charge in [0.25, 0.3) is 0 Å². The van der Waals surface area contributed by atoms with Crippen molar-refractivity contribution in [3.8, 4) is 0 Å². The summed E-state index contributed by atoms with van der Waals surface area (Å²) in [7, 11) is 0. The van der Waals surface area contributed by atoms with E-state index in [-0.39, 0.29) is 18.1 Å². The van der Waals surface area contributed by atoms with E-state index in [0.29, 0.717) is 6.10 Å². The quantitative estimate of drug-likeness (QED) is 0.633. The summed E-state index contributed by atoms with van der Waals surface area (Å²) in [5.41, 5.74) is 1.26. The SMILES string of the molecule is CC(CO)C1=CC2CCC1(C)O2. The molecule has 2 aliphatic heterocycles. The molecule has 3 unspecified atom stereocenters. The average molecular weight is 168 g/mol. The zero-order chi connectivity index (χ0) is 8.77. The predicted octanol–water partition coefficient (Wildman–Crippen LogP) is 1.49. The number of rotatable bonds is 2. The summed E-state index contributed by atoms with van der Waals surface area (Å²) in [6, 6.07) is 0. The van der Waals surface area contributed by atoms with Crippen molar-refractivity contribution in [2.75, 3.05) is 6.61 Å². The van der Waals surface area contributed by atoms with E-state index in [2.05, 4.69) is 19.9 Å². The fraction of sp³-hybridized carbons (Fsp3) is 0.800. The summed E-state index contributed by atoms with van der Waals surface area (Å²) in [5.74, 6) is 0.264. The molecule has 2 aliphatic rings. The first-order chi connectivity index (χ1) is 5.65. The van der Waals surface area contributed by atoms with Gasteiger partial charge in [0.2, 0.25) is 0 Å². The Morgan fingerprint density at radius 3 is 3.00 bits per heavy atom. The monoisotopic (exact) mass is 168 g/mol. The van der Waals surface area contributed by atoms with Crippen LogP contribution in [0.3, 0.4) is 0 Å². The molecule has 0 aliphatic carbocycles. The number of fused-ring (bicyclic) bond motifs is 2. The summed E-state index contributed by atoms with van der Waals surface area (Å²) in [5, 5.41) is 9.04. The van der Waals surface area contributed by atoms with Gasteiger partial charge in [0.15, 0.2) is 0 Å². The van der Waals surface area contributed by atoms with Gasteiger partial charge in [0, 0.05) is 12.5 Å². The van der Waals surface area contributed by atoms with Crippen LogP contribution in [0.4, 0.5) is 0 Å². The van der Waals surface area contributed by atoms with Crippen LogP contribution in [-0.2, 0) is 4.74 Å². The molecule has 0 aromatic carbocycles. The molecule has 1 N–H and O–H groups in total. The minimum atomic E-state index is -0.0488. The molecule has 0 saturated carbocycles. The Balaban J connectivity index is 2.22. The summed E-state index contributed by atoms with van der Waals surface area (Å²) < 4.78 is 5.79. The van der Waals surface area contributed by atoms with Gasteiger partial charge in [-0.15, -0.1) is 0 Å². The molecule has 2 bridgehead atoms. The highest BCUT2D eigenvalue weighted by Crippen LogP contribution is 2.45. The fourth-order valence-electron chi connectivity index (χ4n) is 2.36. The van der Waals surface area contributed by atoms with E-state index in [4.69, 9.17) is 9.84 Å². The number of aliphatic hydroxyl groups is 1. The van der Waals surface area contributed by atoms with E-state index in [1.165, 1.54) is 5.57 Å². The van der Waals surface area contributed by atoms with Crippen molar-refractivity contribution in [1.82, 2.24) is 0 Å². The van der Waals surface area contributed by atoms with Crippen LogP contribution in [0.1, 0.15) is 26.7 Å². The molecular formula is C10H16O2. The van der Waals surface area contributed by atoms with Crippen LogP contribution in [-0.4, -0.2) is 23.4 Å². The van der Waals surface area contributed by atoms with Crippen molar-refractivity contribution < 1.29 is 9.84 Å². The molecule has 2 heterocycles. The standard InChI is InChI=1S/C10H16O2/c1-7(6-11)9-5-8-3-4-10(9,2)12-8/h5,7-8,11H,3-4,6H2,1-2H3. The average Bonchev–Trinajstić information content (AvgIpc) is 2.57. The minimum Gasteiger partial charge on any atom is -0.396 e. The second-order valence-electron chi connectivity index (χ2n) is 4.13. The molecule has 0 aromatic heterocycles. The van der Waals surface area contributed by atoms with E-state index in [0.717, 1.165) is 12.8 Å². The van der Waals surface area contributed by atoms with E-state index in [1.54, 1.807) is 0 Å². The van der Waals surface area contributed by atoms with Crippen LogP contribution in [0, 0.1) is 5.92 Å². The first-order valence-corrected chi connectivity index (χ1v) is 4.66. The maximum Gasteiger partial charge on any atom is 0.0877 e. The van der Waals surface area contributed by atoms with E-state index in [1.807, 2.05) is 0 Å². The third-order valence-electron chi connectivity index (χ3n) is 3.10. The predicted molar refractivity (Wildman–Crippen MR) is 46.8 cm³/mol. The van der Waals surface area contributed by atoms with Crippen LogP contribution in [0.15, 0.2) is 11.6 Å². The van der Waals surface area contributed by atoms with Crippen LogP contribution >= 0.6 is 0 Å². The smallest absolute Gasteiger partial charge is 0.0877 e. The summed E-state index contributed by atoms with van der Waals surface area (Å²) in [4.78, 5) is 0. The molecule has 0 amide bonds. The largest absolute Gasteiger partial charge is 0.396 e. The Labute approximate surface area is 73.2 Å². The van der Waals surface area contributed by atoms with Gasteiger partial charge in [-0.25, -0.2) is 0 Å². The van der Waals surface area contributed by atoms with E-state index in [9.17, 15) is 0 Å². The van der Waals surface area contributed by atoms with Crippen LogP contribution in [0.25, 0.3) is 0 Å². The Bertz CT molecular complexity index is 222. The molecule has 0 aromatic rings. The van der Waals surface area contributed by atoms with E-state index >= 15 is 0 Å². The molecule has 3 atom stereocenters. The highest BCUT2D eigenvalue weighted by Gasteiger charge is 2.45. The van der Waals surface area contributed by atoms with Crippen LogP contribution in [0.5, 0.6) is 0 Å². The van der Waals surface area contributed by atoms with Crippen molar-refractivity contribution in [3.05, 3.63) is 11.6 Å². The Hall–Kier alpha value is -0.340. The Morgan fingerprint density at radius 1 is 1.83 bits per heavy atom. The molecular weight excluding hydrogens is 152 g/mol. The second kappa shape index (κ2) is 2.57. The van der Waals surface area contributed by atoms with Crippen molar-refractivity contribution in [1.29, 1.82) is 0 Å². The fourth-order valence-corrected chi connectivity index (χ4v) is 2.36. The van der Waals surface area contributed by atoms with Gasteiger partial charge in [0.05, 0.1) is 11.7 Å². The molecule has 1 saturated heterocycles. The van der Waals surface area contributed by atoms with Gasteiger partial charge in [-0.1, -0.05) is 13.0 Å². The zero-order valence-corrected chi connectivity index (χ0v) is 7.71. The molecule has 2 heteroatoms. The van der Waals surface area contributed by atoms with Gasteiger partial charge < -0.3 is 9.84 Å². The third kappa shape index (κ3) is 1.02. The van der Waals surface area contributed by atoms with E-state index < -0.39 is 0 Å². The van der Waals surface area contributed by atoms with Gasteiger partial charge in [-0.2, -0.15) is 0 Å². The topological polar surface area (TPSA) is 29.5 Å². The first-order valence-electron chi connectivity index (χ1n) is 4.66. The zero-order valence-electron chi connectivity index (χ0n) is 7.71.